The molecule has 334 valence electrons. The van der Waals surface area contributed by atoms with Crippen LogP contribution in [0.2, 0.25) is 0 Å². The molecule has 1 aliphatic rings. The molecule has 1 aromatic carbocycles. The van der Waals surface area contributed by atoms with Crippen LogP contribution in [0.3, 0.4) is 0 Å². The molecule has 3 N–H and O–H groups in total. The Morgan fingerprint density at radius 3 is 1.90 bits per heavy atom. The molecule has 5 amide bonds. The fraction of sp³-hybridized carbons (Fsp3) is 0.733. The lowest BCUT2D eigenvalue weighted by Gasteiger charge is -2.41. The molecule has 59 heavy (non-hydrogen) atoms. The Morgan fingerprint density at radius 1 is 0.797 bits per heavy atom. The third-order valence-corrected chi connectivity index (χ3v) is 12.4. The molecule has 1 fully saturated rings. The van der Waals surface area contributed by atoms with Gasteiger partial charge >= 0.3 is 5.97 Å². The average Bonchev–Trinajstić information content (AvgIpc) is 3.68. The molecule has 10 atom stereocenters. The van der Waals surface area contributed by atoms with Gasteiger partial charge in [-0.1, -0.05) is 106 Å². The van der Waals surface area contributed by atoms with Crippen LogP contribution in [0.15, 0.2) is 30.3 Å². The van der Waals surface area contributed by atoms with Gasteiger partial charge in [-0.3, -0.25) is 24.0 Å². The molecule has 0 radical (unpaired) electrons. The maximum Gasteiger partial charge on any atom is 0.326 e. The second-order valence-corrected chi connectivity index (χ2v) is 17.6. The van der Waals surface area contributed by atoms with Crippen molar-refractivity contribution in [1.29, 1.82) is 0 Å². The molecule has 0 bridgehead atoms. The number of likely N-dealkylation sites (tertiary alicyclic amines) is 1. The van der Waals surface area contributed by atoms with Gasteiger partial charge in [0.2, 0.25) is 29.5 Å². The molecule has 0 aromatic heterocycles. The van der Waals surface area contributed by atoms with Crippen molar-refractivity contribution >= 4 is 35.5 Å². The van der Waals surface area contributed by atoms with E-state index in [0.717, 1.165) is 5.56 Å². The number of hydrogen-bond acceptors (Lipinski definition) is 8. The smallest absolute Gasteiger partial charge is 0.326 e. The van der Waals surface area contributed by atoms with E-state index in [4.69, 9.17) is 9.47 Å². The van der Waals surface area contributed by atoms with E-state index in [1.165, 1.54) is 19.1 Å². The first-order chi connectivity index (χ1) is 27.6. The fourth-order valence-corrected chi connectivity index (χ4v) is 8.30. The number of methoxy groups -OCH3 is 2. The van der Waals surface area contributed by atoms with E-state index in [1.807, 2.05) is 80.5 Å². The highest BCUT2D eigenvalue weighted by Crippen LogP contribution is 2.30. The summed E-state index contributed by atoms with van der Waals surface area (Å²) in [7, 11) is 6.33. The SMILES string of the molecule is CC[C@H](C)[C@@H]([C@@H](CC(=O)N1CCC[C@H]1[C@H](OC)[C@@H](C)C(=O)NC(Cc1ccccc1)C(=O)O)OC)N(C)C(=O)[C@@H](NC(=O)[C@H](C(C)C)N(C)C(=O)C(C)C(C)C)C(C)C. The van der Waals surface area contributed by atoms with Crippen molar-refractivity contribution in [2.75, 3.05) is 34.9 Å². The van der Waals surface area contributed by atoms with Crippen molar-refractivity contribution in [3.63, 3.8) is 0 Å². The van der Waals surface area contributed by atoms with Crippen molar-refractivity contribution in [3.05, 3.63) is 35.9 Å². The lowest BCUT2D eigenvalue weighted by atomic mass is 9.89. The summed E-state index contributed by atoms with van der Waals surface area (Å²) in [5.74, 6) is -4.30. The highest BCUT2D eigenvalue weighted by molar-refractivity contribution is 5.93. The summed E-state index contributed by atoms with van der Waals surface area (Å²) in [6.45, 7) is 19.4. The summed E-state index contributed by atoms with van der Waals surface area (Å²) in [6, 6.07) is 5.23. The Kier molecular flexibility index (Phi) is 20.5. The molecule has 14 nitrogen and oxygen atoms in total. The molecule has 1 saturated heterocycles. The Morgan fingerprint density at radius 2 is 1.41 bits per heavy atom. The van der Waals surface area contributed by atoms with E-state index in [2.05, 4.69) is 10.6 Å². The Hall–Kier alpha value is -4.04. The molecule has 1 heterocycles. The summed E-state index contributed by atoms with van der Waals surface area (Å²) in [5, 5.41) is 15.6. The summed E-state index contributed by atoms with van der Waals surface area (Å²) >= 11 is 0. The first-order valence-corrected chi connectivity index (χ1v) is 21.4. The van der Waals surface area contributed by atoms with Gasteiger partial charge < -0.3 is 39.9 Å². The van der Waals surface area contributed by atoms with Gasteiger partial charge in [0.05, 0.1) is 36.6 Å². The van der Waals surface area contributed by atoms with E-state index < -0.39 is 66.1 Å². The Balaban J connectivity index is 2.31. The van der Waals surface area contributed by atoms with Crippen LogP contribution in [-0.2, 0) is 44.7 Å². The first kappa shape index (κ1) is 51.1. The van der Waals surface area contributed by atoms with Crippen LogP contribution >= 0.6 is 0 Å². The lowest BCUT2D eigenvalue weighted by Crippen LogP contribution is -2.60. The zero-order chi connectivity index (χ0) is 44.9. The topological polar surface area (TPSA) is 175 Å². The number of carbonyl (C=O) groups is 6. The number of likely N-dealkylation sites (N-methyl/N-ethyl adjacent to an activating group) is 2. The number of carboxylic acids is 1. The zero-order valence-electron chi connectivity index (χ0n) is 38.2. The number of hydrogen-bond donors (Lipinski definition) is 3. The summed E-state index contributed by atoms with van der Waals surface area (Å²) in [5.41, 5.74) is 0.774. The molecule has 2 rings (SSSR count). The number of rotatable bonds is 23. The van der Waals surface area contributed by atoms with Crippen molar-refractivity contribution in [2.24, 2.45) is 35.5 Å². The summed E-state index contributed by atoms with van der Waals surface area (Å²) < 4.78 is 11.9. The maximum atomic E-state index is 14.5. The number of aliphatic carboxylic acids is 1. The number of nitrogens with one attached hydrogen (secondary N) is 2. The average molecular weight is 830 g/mol. The van der Waals surface area contributed by atoms with Gasteiger partial charge in [0.1, 0.15) is 18.1 Å². The predicted molar refractivity (Wildman–Crippen MR) is 228 cm³/mol. The first-order valence-electron chi connectivity index (χ1n) is 21.4. The van der Waals surface area contributed by atoms with Gasteiger partial charge in [0.15, 0.2) is 0 Å². The number of ether oxygens (including phenoxy) is 2. The van der Waals surface area contributed by atoms with Crippen molar-refractivity contribution in [1.82, 2.24) is 25.3 Å². The second kappa shape index (κ2) is 23.7. The third kappa shape index (κ3) is 13.5. The molecule has 1 aliphatic heterocycles. The standard InChI is InChI=1S/C45H75N5O9/c1-15-29(8)39(49(12)44(55)37(27(4)5)47-42(53)38(28(6)7)48(11)43(54)30(9)26(2)3)35(58-13)25-36(51)50-23-19-22-34(50)40(59-14)31(10)41(52)46-33(45(56)57)24-32-20-17-16-18-21-32/h16-18,20-21,26-31,33-35,37-40H,15,19,22-25H2,1-14H3,(H,46,52)(H,47,53)(H,56,57)/t29-,30?,31+,33?,34-,35+,37-,38-,39-,40+/m0/s1. The van der Waals surface area contributed by atoms with Gasteiger partial charge in [-0.2, -0.15) is 0 Å². The highest BCUT2D eigenvalue weighted by Gasteiger charge is 2.44. The number of carbonyl (C=O) groups excluding carboxylic acids is 5. The number of amides is 5. The van der Waals surface area contributed by atoms with Crippen LogP contribution in [0.5, 0.6) is 0 Å². The number of nitrogens with zero attached hydrogens (tertiary/aromatic N) is 3. The van der Waals surface area contributed by atoms with E-state index in [0.29, 0.717) is 25.8 Å². The zero-order valence-corrected chi connectivity index (χ0v) is 38.2. The monoisotopic (exact) mass is 830 g/mol. The van der Waals surface area contributed by atoms with E-state index in [-0.39, 0.29) is 60.2 Å². The van der Waals surface area contributed by atoms with Crippen molar-refractivity contribution in [2.45, 2.75) is 144 Å². The van der Waals surface area contributed by atoms with Crippen molar-refractivity contribution < 1.29 is 43.3 Å². The number of carboxylic acid groups (broad SMARTS) is 1. The summed E-state index contributed by atoms with van der Waals surface area (Å²) in [6.07, 6.45) is 0.593. The molecule has 14 heteroatoms. The van der Waals surface area contributed by atoms with E-state index in [1.54, 1.807) is 43.0 Å². The minimum Gasteiger partial charge on any atom is -0.480 e. The summed E-state index contributed by atoms with van der Waals surface area (Å²) in [4.78, 5) is 86.5. The molecule has 1 aromatic rings. The Bertz CT molecular complexity index is 1540. The molecular formula is C45H75N5O9. The van der Waals surface area contributed by atoms with Crippen LogP contribution in [0.1, 0.15) is 100 Å². The normalized spacial score (nSPS) is 18.9. The van der Waals surface area contributed by atoms with Crippen LogP contribution in [0.4, 0.5) is 0 Å². The predicted octanol–water partition coefficient (Wildman–Crippen LogP) is 4.63. The molecule has 0 spiro atoms. The minimum absolute atomic E-state index is 0.0517. The van der Waals surface area contributed by atoms with Gasteiger partial charge in [0.25, 0.3) is 0 Å². The third-order valence-electron chi connectivity index (χ3n) is 12.4. The van der Waals surface area contributed by atoms with Crippen molar-refractivity contribution in [3.8, 4) is 0 Å². The highest BCUT2D eigenvalue weighted by atomic mass is 16.5. The fourth-order valence-electron chi connectivity index (χ4n) is 8.30. The van der Waals surface area contributed by atoms with E-state index in [9.17, 15) is 33.9 Å². The van der Waals surface area contributed by atoms with Crippen LogP contribution < -0.4 is 10.6 Å². The van der Waals surface area contributed by atoms with Gasteiger partial charge in [-0.15, -0.1) is 0 Å². The largest absolute Gasteiger partial charge is 0.480 e. The van der Waals surface area contributed by atoms with Crippen LogP contribution in [0.25, 0.3) is 0 Å². The maximum absolute atomic E-state index is 14.5. The molecule has 0 saturated carbocycles. The quantitative estimate of drug-likeness (QED) is 0.142. The van der Waals surface area contributed by atoms with Gasteiger partial charge in [-0.25, -0.2) is 4.79 Å². The molecule has 2 unspecified atom stereocenters. The second-order valence-electron chi connectivity index (χ2n) is 17.6. The molecular weight excluding hydrogens is 755 g/mol. The van der Waals surface area contributed by atoms with Crippen LogP contribution in [0, 0.1) is 35.5 Å². The van der Waals surface area contributed by atoms with E-state index >= 15 is 0 Å². The minimum atomic E-state index is -1.15. The Labute approximate surface area is 353 Å². The lowest BCUT2D eigenvalue weighted by molar-refractivity contribution is -0.149. The van der Waals surface area contributed by atoms with Gasteiger partial charge in [0, 0.05) is 47.2 Å². The number of benzene rings is 1. The molecule has 0 aliphatic carbocycles. The van der Waals surface area contributed by atoms with Gasteiger partial charge in [-0.05, 0) is 42.1 Å². The van der Waals surface area contributed by atoms with Crippen LogP contribution in [-0.4, -0.2) is 133 Å².